The number of ether oxygens (including phenoxy) is 4. The molecule has 44 heavy (non-hydrogen) atoms. The van der Waals surface area contributed by atoms with Gasteiger partial charge in [-0.15, -0.1) is 0 Å². The van der Waals surface area contributed by atoms with Crippen molar-refractivity contribution in [2.75, 3.05) is 40.0 Å². The Morgan fingerprint density at radius 3 is 2.55 bits per heavy atom. The Hall–Kier alpha value is -4.22. The number of benzene rings is 2. The van der Waals surface area contributed by atoms with Crippen LogP contribution in [0, 0.1) is 12.3 Å². The van der Waals surface area contributed by atoms with E-state index >= 15 is 0 Å². The second-order valence-electron chi connectivity index (χ2n) is 11.3. The first-order valence-corrected chi connectivity index (χ1v) is 14.9. The van der Waals surface area contributed by atoms with Gasteiger partial charge in [0.05, 0.1) is 56.4 Å². The number of amides is 1. The van der Waals surface area contributed by atoms with Crippen molar-refractivity contribution in [3.05, 3.63) is 64.8 Å². The topological polar surface area (TPSA) is 126 Å². The molecule has 2 aliphatic heterocycles. The number of nitrogens with zero attached hydrogens (tertiary/aromatic N) is 4. The molecule has 0 saturated carbocycles. The smallest absolute Gasteiger partial charge is 0.230 e. The van der Waals surface area contributed by atoms with Crippen LogP contribution in [0.15, 0.2) is 47.2 Å². The lowest BCUT2D eigenvalue weighted by atomic mass is 9.77. The van der Waals surface area contributed by atoms with Gasteiger partial charge >= 0.3 is 0 Å². The zero-order valence-corrected chi connectivity index (χ0v) is 25.4. The minimum Gasteiger partial charge on any atom is -0.493 e. The van der Waals surface area contributed by atoms with E-state index in [9.17, 15) is 9.59 Å². The number of carbonyl (C=O) groups is 2. The summed E-state index contributed by atoms with van der Waals surface area (Å²) in [5.74, 6) is 2.39. The molecule has 0 N–H and O–H groups in total. The summed E-state index contributed by atoms with van der Waals surface area (Å²) in [7, 11) is 1.54. The normalized spacial score (nSPS) is 15.7. The first-order chi connectivity index (χ1) is 21.3. The Labute approximate surface area is 259 Å². The van der Waals surface area contributed by atoms with Gasteiger partial charge in [0.2, 0.25) is 11.8 Å². The second-order valence-corrected chi connectivity index (χ2v) is 11.8. The summed E-state index contributed by atoms with van der Waals surface area (Å²) < 4.78 is 28.1. The lowest BCUT2D eigenvalue weighted by Gasteiger charge is -2.47. The van der Waals surface area contributed by atoms with E-state index in [1.165, 1.54) is 6.33 Å². The molecule has 6 rings (SSSR count). The third kappa shape index (κ3) is 6.63. The minimum atomic E-state index is -0.0333. The summed E-state index contributed by atoms with van der Waals surface area (Å²) in [6, 6.07) is 10.4. The average Bonchev–Trinajstić information content (AvgIpc) is 3.41. The molecule has 0 radical (unpaired) electrons. The molecule has 0 aliphatic carbocycles. The van der Waals surface area contributed by atoms with Crippen molar-refractivity contribution in [3.8, 4) is 23.1 Å². The molecule has 4 aromatic rings. The number of hydrogen-bond acceptors (Lipinski definition) is 10. The van der Waals surface area contributed by atoms with Crippen LogP contribution >= 0.6 is 11.6 Å². The quantitative estimate of drug-likeness (QED) is 0.222. The van der Waals surface area contributed by atoms with Crippen molar-refractivity contribution in [3.63, 3.8) is 0 Å². The van der Waals surface area contributed by atoms with Gasteiger partial charge in [-0.25, -0.2) is 9.97 Å². The van der Waals surface area contributed by atoms with Gasteiger partial charge in [-0.05, 0) is 43.5 Å². The first kappa shape index (κ1) is 29.8. The van der Waals surface area contributed by atoms with Crippen molar-refractivity contribution in [2.24, 2.45) is 5.41 Å². The maximum absolute atomic E-state index is 12.8. The van der Waals surface area contributed by atoms with Crippen molar-refractivity contribution in [1.29, 1.82) is 0 Å². The Bertz CT molecular complexity index is 1680. The maximum Gasteiger partial charge on any atom is 0.230 e. The largest absolute Gasteiger partial charge is 0.493 e. The summed E-state index contributed by atoms with van der Waals surface area (Å²) in [6.45, 7) is 5.13. The zero-order chi connectivity index (χ0) is 30.7. The fourth-order valence-corrected chi connectivity index (χ4v) is 5.77. The predicted octanol–water partition coefficient (Wildman–Crippen LogP) is 5.14. The van der Waals surface area contributed by atoms with Gasteiger partial charge < -0.3 is 28.4 Å². The summed E-state index contributed by atoms with van der Waals surface area (Å²) in [4.78, 5) is 35.9. The van der Waals surface area contributed by atoms with E-state index in [0.717, 1.165) is 39.1 Å². The summed E-state index contributed by atoms with van der Waals surface area (Å²) >= 11 is 6.51. The molecular weight excluding hydrogens is 588 g/mol. The minimum absolute atomic E-state index is 0.0333. The SMILES string of the molecule is COc1cc2c(Oc3ccc(CC(=O)Cc4cc(C)on4)c(Cl)c3)ncnc2cc1OCCC(=O)N1CCC2(CC1)COC2. The maximum atomic E-state index is 12.8. The molecule has 11 nitrogen and oxygen atoms in total. The molecule has 0 atom stereocenters. The van der Waals surface area contributed by atoms with Crippen LogP contribution in [0.3, 0.4) is 0 Å². The number of methoxy groups -OCH3 is 1. The molecule has 2 fully saturated rings. The van der Waals surface area contributed by atoms with Crippen LogP contribution < -0.4 is 14.2 Å². The van der Waals surface area contributed by atoms with Gasteiger partial charge in [0.1, 0.15) is 23.6 Å². The third-order valence-electron chi connectivity index (χ3n) is 8.13. The molecular formula is C32H33ClN4O7. The monoisotopic (exact) mass is 620 g/mol. The molecule has 1 spiro atoms. The van der Waals surface area contributed by atoms with Crippen LogP contribution in [0.2, 0.25) is 5.02 Å². The summed E-state index contributed by atoms with van der Waals surface area (Å²) in [5, 5.41) is 4.88. The number of rotatable bonds is 11. The highest BCUT2D eigenvalue weighted by Gasteiger charge is 2.41. The molecule has 2 aliphatic rings. The Balaban J connectivity index is 1.08. The van der Waals surface area contributed by atoms with Gasteiger partial charge in [0, 0.05) is 42.1 Å². The fraction of sp³-hybridized carbons (Fsp3) is 0.406. The van der Waals surface area contributed by atoms with E-state index in [1.807, 2.05) is 4.90 Å². The second kappa shape index (κ2) is 12.8. The third-order valence-corrected chi connectivity index (χ3v) is 8.48. The van der Waals surface area contributed by atoms with Gasteiger partial charge in [-0.1, -0.05) is 22.8 Å². The highest BCUT2D eigenvalue weighted by atomic mass is 35.5. The van der Waals surface area contributed by atoms with Crippen LogP contribution in [0.4, 0.5) is 0 Å². The van der Waals surface area contributed by atoms with Crippen molar-refractivity contribution in [2.45, 2.75) is 39.0 Å². The highest BCUT2D eigenvalue weighted by molar-refractivity contribution is 6.31. The summed E-state index contributed by atoms with van der Waals surface area (Å²) in [6.07, 6.45) is 3.96. The number of aromatic nitrogens is 3. The van der Waals surface area contributed by atoms with Gasteiger partial charge in [-0.2, -0.15) is 0 Å². The van der Waals surface area contributed by atoms with Gasteiger partial charge in [0.25, 0.3) is 0 Å². The summed E-state index contributed by atoms with van der Waals surface area (Å²) in [5.41, 5.74) is 2.13. The van der Waals surface area contributed by atoms with Crippen molar-refractivity contribution >= 4 is 34.2 Å². The molecule has 4 heterocycles. The average molecular weight is 621 g/mol. The molecule has 2 aromatic carbocycles. The van der Waals surface area contributed by atoms with E-state index in [0.29, 0.717) is 56.1 Å². The number of ketones is 1. The lowest BCUT2D eigenvalue weighted by molar-refractivity contribution is -0.153. The number of carbonyl (C=O) groups excluding carboxylic acids is 2. The van der Waals surface area contributed by atoms with Gasteiger partial charge in [-0.3, -0.25) is 9.59 Å². The van der Waals surface area contributed by atoms with Crippen LogP contribution in [0.25, 0.3) is 10.9 Å². The van der Waals surface area contributed by atoms with Crippen molar-refractivity contribution < 1.29 is 33.1 Å². The molecule has 0 unspecified atom stereocenters. The molecule has 12 heteroatoms. The van der Waals surface area contributed by atoms with Crippen LogP contribution in [-0.2, 0) is 27.2 Å². The molecule has 2 aromatic heterocycles. The number of halogens is 1. The molecule has 230 valence electrons. The number of piperidine rings is 1. The van der Waals surface area contributed by atoms with E-state index in [2.05, 4.69) is 15.1 Å². The van der Waals surface area contributed by atoms with Crippen molar-refractivity contribution in [1.82, 2.24) is 20.0 Å². The standard InChI is InChI=1S/C32H33ClN4O7/c1-20-11-22(36-44-20)13-23(38)12-21-3-4-24(14-26(21)33)43-31-25-15-28(40-2)29(16-27(25)34-19-35-31)42-10-5-30(39)37-8-6-32(7-9-37)17-41-18-32/h3-4,11,14-16,19H,5-10,12-13,17-18H2,1-2H3. The first-order valence-electron chi connectivity index (χ1n) is 14.5. The van der Waals surface area contributed by atoms with E-state index in [-0.39, 0.29) is 43.0 Å². The number of fused-ring (bicyclic) bond motifs is 1. The molecule has 0 bridgehead atoms. The number of likely N-dealkylation sites (tertiary alicyclic amines) is 1. The van der Waals surface area contributed by atoms with Crippen LogP contribution in [0.5, 0.6) is 23.1 Å². The fourth-order valence-electron chi connectivity index (χ4n) is 5.54. The number of hydrogen-bond donors (Lipinski definition) is 0. The number of Topliss-reactive ketones (excluding diaryl/α,β-unsaturated/α-hetero) is 1. The van der Waals surface area contributed by atoms with Crippen LogP contribution in [-0.4, -0.2) is 71.7 Å². The Morgan fingerprint density at radius 1 is 1.05 bits per heavy atom. The number of aryl methyl sites for hydroxylation is 1. The van der Waals surface area contributed by atoms with E-state index in [1.54, 1.807) is 50.4 Å². The van der Waals surface area contributed by atoms with E-state index in [4.69, 9.17) is 35.1 Å². The van der Waals surface area contributed by atoms with Gasteiger partial charge in [0.15, 0.2) is 11.5 Å². The molecule has 2 saturated heterocycles. The predicted molar refractivity (Wildman–Crippen MR) is 160 cm³/mol. The van der Waals surface area contributed by atoms with E-state index < -0.39 is 0 Å². The Kier molecular flexibility index (Phi) is 8.67. The lowest BCUT2D eigenvalue weighted by Crippen LogP contribution is -2.52. The molecule has 1 amide bonds. The highest BCUT2D eigenvalue weighted by Crippen LogP contribution is 2.39. The Morgan fingerprint density at radius 2 is 1.86 bits per heavy atom. The zero-order valence-electron chi connectivity index (χ0n) is 24.6. The van der Waals surface area contributed by atoms with Crippen LogP contribution in [0.1, 0.15) is 36.3 Å².